The summed E-state index contributed by atoms with van der Waals surface area (Å²) in [6, 6.07) is 16.9. The molecule has 2 aromatic carbocycles. The van der Waals surface area contributed by atoms with Gasteiger partial charge in [0.05, 0.1) is 12.6 Å². The number of Topliss-reactive ketones (excluding diaryl/α,β-unsaturated/α-hetero) is 1. The highest BCUT2D eigenvalue weighted by Gasteiger charge is 2.45. The van der Waals surface area contributed by atoms with Crippen LogP contribution in [-0.2, 0) is 14.3 Å². The topological polar surface area (TPSA) is 58.3 Å². The number of para-hydroxylation sites is 1. The number of hydrogen-bond acceptors (Lipinski definition) is 5. The summed E-state index contributed by atoms with van der Waals surface area (Å²) in [5.41, 5.74) is 1.77. The molecule has 2 saturated heterocycles. The number of nitrogens with zero attached hydrogens (tertiary/aromatic N) is 3. The van der Waals surface area contributed by atoms with Gasteiger partial charge < -0.3 is 9.47 Å². The largest absolute Gasteiger partial charge is 0.343 e. The third-order valence-electron chi connectivity index (χ3n) is 5.05. The van der Waals surface area contributed by atoms with Gasteiger partial charge in [-0.1, -0.05) is 29.8 Å². The monoisotopic (exact) mass is 413 g/mol. The third-order valence-corrected chi connectivity index (χ3v) is 5.67. The van der Waals surface area contributed by atoms with Gasteiger partial charge in [-0.25, -0.2) is 4.68 Å². The van der Waals surface area contributed by atoms with E-state index < -0.39 is 6.29 Å². The van der Waals surface area contributed by atoms with Gasteiger partial charge in [-0.05, 0) is 48.6 Å². The molecule has 28 heavy (non-hydrogen) atoms. The highest BCUT2D eigenvalue weighted by molar-refractivity contribution is 7.71. The van der Waals surface area contributed by atoms with Crippen molar-refractivity contribution in [1.82, 2.24) is 14.3 Å². The van der Waals surface area contributed by atoms with Gasteiger partial charge in [0, 0.05) is 22.7 Å². The molecule has 2 fully saturated rings. The SMILES string of the molecule is O=C1C[C@@H](n2nc(-c3ccc(Cl)cc3)n(-c3ccccc3)c2=S)[C@@H]2CO[C@H]1O2. The Morgan fingerprint density at radius 3 is 2.61 bits per heavy atom. The second-order valence-electron chi connectivity index (χ2n) is 6.81. The average Bonchev–Trinajstić information content (AvgIpc) is 3.29. The Balaban J connectivity index is 1.68. The number of hydrogen-bond donors (Lipinski definition) is 0. The first kappa shape index (κ1) is 17.8. The van der Waals surface area contributed by atoms with Crippen molar-refractivity contribution >= 4 is 29.6 Å². The zero-order valence-corrected chi connectivity index (χ0v) is 16.3. The van der Waals surface area contributed by atoms with E-state index in [2.05, 4.69) is 0 Å². The molecule has 0 aliphatic carbocycles. The van der Waals surface area contributed by atoms with E-state index in [9.17, 15) is 4.79 Å². The van der Waals surface area contributed by atoms with Crippen molar-refractivity contribution in [2.45, 2.75) is 24.9 Å². The van der Waals surface area contributed by atoms with Crippen LogP contribution in [0.5, 0.6) is 0 Å². The van der Waals surface area contributed by atoms with E-state index in [0.29, 0.717) is 22.2 Å². The Bertz CT molecular complexity index is 1090. The highest BCUT2D eigenvalue weighted by Crippen LogP contribution is 2.34. The van der Waals surface area contributed by atoms with Gasteiger partial charge >= 0.3 is 0 Å². The second-order valence-corrected chi connectivity index (χ2v) is 7.61. The van der Waals surface area contributed by atoms with Crippen LogP contribution in [0.1, 0.15) is 12.5 Å². The highest BCUT2D eigenvalue weighted by atomic mass is 35.5. The fraction of sp³-hybridized carbons (Fsp3) is 0.250. The number of benzene rings is 2. The van der Waals surface area contributed by atoms with E-state index in [1.807, 2.05) is 59.2 Å². The zero-order chi connectivity index (χ0) is 19.3. The quantitative estimate of drug-likeness (QED) is 0.608. The van der Waals surface area contributed by atoms with Crippen LogP contribution >= 0.6 is 23.8 Å². The van der Waals surface area contributed by atoms with Crippen molar-refractivity contribution in [1.29, 1.82) is 0 Å². The number of ketones is 1. The van der Waals surface area contributed by atoms with Crippen molar-refractivity contribution in [2.24, 2.45) is 0 Å². The summed E-state index contributed by atoms with van der Waals surface area (Å²) < 4.78 is 15.3. The van der Waals surface area contributed by atoms with Crippen molar-refractivity contribution in [3.63, 3.8) is 0 Å². The van der Waals surface area contributed by atoms with Crippen LogP contribution in [0.25, 0.3) is 17.1 Å². The Morgan fingerprint density at radius 2 is 1.86 bits per heavy atom. The minimum absolute atomic E-state index is 0.0806. The predicted octanol–water partition coefficient (Wildman–Crippen LogP) is 3.98. The smallest absolute Gasteiger partial charge is 0.218 e. The first-order valence-corrected chi connectivity index (χ1v) is 9.73. The van der Waals surface area contributed by atoms with Crippen molar-refractivity contribution < 1.29 is 14.3 Å². The molecule has 2 aliphatic heterocycles. The van der Waals surface area contributed by atoms with E-state index in [1.165, 1.54) is 0 Å². The van der Waals surface area contributed by atoms with Gasteiger partial charge in [-0.15, -0.1) is 0 Å². The minimum atomic E-state index is -0.748. The number of aromatic nitrogens is 3. The van der Waals surface area contributed by atoms with E-state index in [1.54, 1.807) is 4.68 Å². The van der Waals surface area contributed by atoms with Crippen molar-refractivity contribution in [2.75, 3.05) is 6.61 Å². The molecule has 8 heteroatoms. The van der Waals surface area contributed by atoms with Crippen molar-refractivity contribution in [3.05, 3.63) is 64.4 Å². The molecule has 6 nitrogen and oxygen atoms in total. The molecule has 0 radical (unpaired) electrons. The second kappa shape index (κ2) is 6.93. The first-order chi connectivity index (χ1) is 13.6. The predicted molar refractivity (Wildman–Crippen MR) is 106 cm³/mol. The van der Waals surface area contributed by atoms with Crippen LogP contribution in [0.2, 0.25) is 5.02 Å². The summed E-state index contributed by atoms with van der Waals surface area (Å²) in [6.45, 7) is 0.358. The Morgan fingerprint density at radius 1 is 1.11 bits per heavy atom. The summed E-state index contributed by atoms with van der Waals surface area (Å²) >= 11 is 11.8. The van der Waals surface area contributed by atoms with Crippen molar-refractivity contribution in [3.8, 4) is 17.1 Å². The summed E-state index contributed by atoms with van der Waals surface area (Å²) in [5, 5.41) is 5.45. The van der Waals surface area contributed by atoms with Gasteiger partial charge in [0.1, 0.15) is 6.10 Å². The Hall–Kier alpha value is -2.32. The summed E-state index contributed by atoms with van der Waals surface area (Å²) in [4.78, 5) is 12.3. The molecule has 0 amide bonds. The molecule has 142 valence electrons. The molecular weight excluding hydrogens is 398 g/mol. The molecule has 3 atom stereocenters. The maximum absolute atomic E-state index is 12.3. The molecule has 5 rings (SSSR count). The lowest BCUT2D eigenvalue weighted by Gasteiger charge is -2.26. The average molecular weight is 414 g/mol. The molecule has 3 aromatic rings. The first-order valence-electron chi connectivity index (χ1n) is 8.94. The van der Waals surface area contributed by atoms with E-state index >= 15 is 0 Å². The minimum Gasteiger partial charge on any atom is -0.343 e. The van der Waals surface area contributed by atoms with Crippen LogP contribution in [-0.4, -0.2) is 39.1 Å². The van der Waals surface area contributed by atoms with Crippen LogP contribution in [0, 0.1) is 4.77 Å². The molecule has 0 saturated carbocycles. The normalized spacial score (nSPS) is 23.9. The van der Waals surface area contributed by atoms with Crippen LogP contribution in [0.3, 0.4) is 0 Å². The molecule has 3 heterocycles. The van der Waals surface area contributed by atoms with E-state index in [-0.39, 0.29) is 24.3 Å². The van der Waals surface area contributed by atoms with Gasteiger partial charge in [-0.3, -0.25) is 9.36 Å². The van der Waals surface area contributed by atoms with Crippen LogP contribution in [0.4, 0.5) is 0 Å². The molecule has 0 N–H and O–H groups in total. The van der Waals surface area contributed by atoms with Crippen LogP contribution < -0.4 is 0 Å². The Labute approximate surface area is 171 Å². The number of halogens is 1. The number of carbonyl (C=O) groups excluding carboxylic acids is 1. The van der Waals surface area contributed by atoms with Gasteiger partial charge in [0.2, 0.25) is 11.1 Å². The number of fused-ring (bicyclic) bond motifs is 2. The summed E-state index contributed by atoms with van der Waals surface area (Å²) in [5.74, 6) is 0.601. The van der Waals surface area contributed by atoms with Gasteiger partial charge in [-0.2, -0.15) is 5.10 Å². The third kappa shape index (κ3) is 2.91. The molecule has 2 aliphatic rings. The summed E-state index contributed by atoms with van der Waals surface area (Å²) in [7, 11) is 0. The molecule has 0 spiro atoms. The number of carbonyl (C=O) groups is 1. The number of ether oxygens (including phenoxy) is 2. The standard InChI is InChI=1S/C20H16ClN3O3S/c21-13-8-6-12(7-9-13)18-22-24(15-10-16(25)19-26-11-17(15)27-19)20(28)23(18)14-4-2-1-3-5-14/h1-9,15,17,19H,10-11H2/t15-,17+,19+/m1/s1. The lowest BCUT2D eigenvalue weighted by atomic mass is 10.0. The maximum Gasteiger partial charge on any atom is 0.218 e. The Kier molecular flexibility index (Phi) is 4.40. The number of rotatable bonds is 3. The molecule has 0 unspecified atom stereocenters. The van der Waals surface area contributed by atoms with E-state index in [0.717, 1.165) is 11.3 Å². The lowest BCUT2D eigenvalue weighted by molar-refractivity contribution is -0.156. The lowest BCUT2D eigenvalue weighted by Crippen LogP contribution is -2.37. The van der Waals surface area contributed by atoms with Gasteiger partial charge in [0.15, 0.2) is 11.6 Å². The zero-order valence-electron chi connectivity index (χ0n) is 14.7. The molecule has 1 aromatic heterocycles. The fourth-order valence-electron chi connectivity index (χ4n) is 3.66. The molecule has 2 bridgehead atoms. The molecular formula is C20H16ClN3O3S. The summed E-state index contributed by atoms with van der Waals surface area (Å²) in [6.07, 6.45) is -0.705. The fourth-order valence-corrected chi connectivity index (χ4v) is 4.16. The van der Waals surface area contributed by atoms with E-state index in [4.69, 9.17) is 38.4 Å². The van der Waals surface area contributed by atoms with Crippen LogP contribution in [0.15, 0.2) is 54.6 Å². The van der Waals surface area contributed by atoms with Gasteiger partial charge in [0.25, 0.3) is 0 Å². The maximum atomic E-state index is 12.3.